The number of hydrogen-bond donors (Lipinski definition) is 2. The van der Waals surface area contributed by atoms with E-state index in [0.29, 0.717) is 31.6 Å². The Labute approximate surface area is 144 Å². The maximum Gasteiger partial charge on any atom is 0.188 e. The van der Waals surface area contributed by atoms with E-state index in [1.54, 1.807) is 6.20 Å². The molecule has 0 atom stereocenters. The van der Waals surface area contributed by atoms with Gasteiger partial charge >= 0.3 is 0 Å². The minimum atomic E-state index is 0.444. The number of guanidine groups is 1. The Kier molecular flexibility index (Phi) is 7.08. The molecular weight excluding hydrogens is 300 g/mol. The van der Waals surface area contributed by atoms with Crippen LogP contribution in [0, 0.1) is 5.92 Å². The van der Waals surface area contributed by atoms with Crippen LogP contribution >= 0.6 is 0 Å². The molecular formula is C19H26N4O. The van der Waals surface area contributed by atoms with Crippen molar-refractivity contribution in [3.05, 3.63) is 59.9 Å². The molecule has 0 unspecified atom stereocenters. The minimum Gasteiger partial charge on any atom is -0.493 e. The highest BCUT2D eigenvalue weighted by Crippen LogP contribution is 2.15. The average Bonchev–Trinajstić information content (AvgIpc) is 2.59. The van der Waals surface area contributed by atoms with E-state index in [0.717, 1.165) is 23.4 Å². The largest absolute Gasteiger partial charge is 0.493 e. The highest BCUT2D eigenvalue weighted by Gasteiger charge is 2.00. The van der Waals surface area contributed by atoms with E-state index >= 15 is 0 Å². The molecule has 1 aromatic carbocycles. The second-order valence-electron chi connectivity index (χ2n) is 6.05. The second kappa shape index (κ2) is 9.55. The van der Waals surface area contributed by atoms with E-state index in [4.69, 9.17) is 10.5 Å². The number of aliphatic imine (C=N–C) groups is 1. The highest BCUT2D eigenvalue weighted by atomic mass is 16.5. The van der Waals surface area contributed by atoms with E-state index in [-0.39, 0.29) is 0 Å². The van der Waals surface area contributed by atoms with E-state index in [1.807, 2.05) is 42.5 Å². The van der Waals surface area contributed by atoms with E-state index in [9.17, 15) is 0 Å². The number of nitrogens with zero attached hydrogens (tertiary/aromatic N) is 2. The molecule has 1 heterocycles. The third-order valence-electron chi connectivity index (χ3n) is 3.33. The van der Waals surface area contributed by atoms with Crippen molar-refractivity contribution < 1.29 is 4.74 Å². The zero-order valence-corrected chi connectivity index (χ0v) is 14.4. The van der Waals surface area contributed by atoms with Gasteiger partial charge in [0.25, 0.3) is 0 Å². The number of benzene rings is 1. The summed E-state index contributed by atoms with van der Waals surface area (Å²) in [6, 6.07) is 13.9. The standard InChI is InChI=1S/C19H26N4O/c1-15(2)14-24-18-8-5-6-16(12-18)13-23-19(20)22-11-9-17-7-3-4-10-21-17/h3-8,10,12,15H,9,11,13-14H2,1-2H3,(H3,20,22,23). The van der Waals surface area contributed by atoms with E-state index in [2.05, 4.69) is 29.1 Å². The molecule has 0 saturated carbocycles. The Hall–Kier alpha value is -2.56. The van der Waals surface area contributed by atoms with Crippen molar-refractivity contribution in [1.29, 1.82) is 0 Å². The zero-order chi connectivity index (χ0) is 17.2. The van der Waals surface area contributed by atoms with Gasteiger partial charge in [-0.15, -0.1) is 0 Å². The zero-order valence-electron chi connectivity index (χ0n) is 14.4. The van der Waals surface area contributed by atoms with Crippen LogP contribution in [0.15, 0.2) is 53.7 Å². The number of ether oxygens (including phenoxy) is 1. The fourth-order valence-corrected chi connectivity index (χ4v) is 2.09. The van der Waals surface area contributed by atoms with Crippen LogP contribution in [-0.2, 0) is 13.0 Å². The highest BCUT2D eigenvalue weighted by molar-refractivity contribution is 5.77. The van der Waals surface area contributed by atoms with Crippen LogP contribution in [0.3, 0.4) is 0 Å². The molecule has 0 aliphatic rings. The molecule has 2 aromatic rings. The van der Waals surface area contributed by atoms with Gasteiger partial charge in [0.05, 0.1) is 13.2 Å². The molecule has 0 bridgehead atoms. The van der Waals surface area contributed by atoms with Crippen LogP contribution in [0.4, 0.5) is 0 Å². The molecule has 0 amide bonds. The Morgan fingerprint density at radius 1 is 1.25 bits per heavy atom. The number of nitrogens with one attached hydrogen (secondary N) is 1. The molecule has 3 N–H and O–H groups in total. The normalized spacial score (nSPS) is 11.5. The third-order valence-corrected chi connectivity index (χ3v) is 3.33. The summed E-state index contributed by atoms with van der Waals surface area (Å²) in [5.74, 6) is 1.82. The molecule has 1 aromatic heterocycles. The molecule has 0 spiro atoms. The van der Waals surface area contributed by atoms with Crippen molar-refractivity contribution in [3.8, 4) is 5.75 Å². The molecule has 2 rings (SSSR count). The first-order valence-corrected chi connectivity index (χ1v) is 8.29. The summed E-state index contributed by atoms with van der Waals surface area (Å²) < 4.78 is 5.73. The second-order valence-corrected chi connectivity index (χ2v) is 6.05. The Morgan fingerprint density at radius 2 is 2.12 bits per heavy atom. The molecule has 5 nitrogen and oxygen atoms in total. The Morgan fingerprint density at radius 3 is 2.88 bits per heavy atom. The molecule has 0 radical (unpaired) electrons. The van der Waals surface area contributed by atoms with Gasteiger partial charge in [-0.25, -0.2) is 4.99 Å². The summed E-state index contributed by atoms with van der Waals surface area (Å²) in [5.41, 5.74) is 8.02. The summed E-state index contributed by atoms with van der Waals surface area (Å²) in [4.78, 5) is 8.64. The van der Waals surface area contributed by atoms with Gasteiger partial charge in [-0.1, -0.05) is 32.0 Å². The maximum absolute atomic E-state index is 5.91. The summed E-state index contributed by atoms with van der Waals surface area (Å²) in [5, 5.41) is 3.11. The summed E-state index contributed by atoms with van der Waals surface area (Å²) in [7, 11) is 0. The van der Waals surface area contributed by atoms with Gasteiger partial charge in [0.15, 0.2) is 5.96 Å². The van der Waals surface area contributed by atoms with E-state index in [1.165, 1.54) is 0 Å². The molecule has 0 saturated heterocycles. The Balaban J connectivity index is 1.78. The van der Waals surface area contributed by atoms with Crippen molar-refractivity contribution in [2.24, 2.45) is 16.6 Å². The fourth-order valence-electron chi connectivity index (χ4n) is 2.09. The lowest BCUT2D eigenvalue weighted by Crippen LogP contribution is -2.33. The van der Waals surface area contributed by atoms with Gasteiger partial charge in [-0.2, -0.15) is 0 Å². The van der Waals surface area contributed by atoms with Crippen LogP contribution in [-0.4, -0.2) is 24.1 Å². The predicted molar refractivity (Wildman–Crippen MR) is 98.0 cm³/mol. The first-order valence-electron chi connectivity index (χ1n) is 8.29. The summed E-state index contributed by atoms with van der Waals surface area (Å²) in [6.07, 6.45) is 2.61. The molecule has 0 aliphatic carbocycles. The molecule has 128 valence electrons. The molecule has 0 aliphatic heterocycles. The number of rotatable bonds is 8. The van der Waals surface area contributed by atoms with Crippen LogP contribution < -0.4 is 15.8 Å². The van der Waals surface area contributed by atoms with Crippen LogP contribution in [0.2, 0.25) is 0 Å². The lowest BCUT2D eigenvalue weighted by Gasteiger charge is -2.09. The first-order chi connectivity index (χ1) is 11.6. The Bertz CT molecular complexity index is 641. The quantitative estimate of drug-likeness (QED) is 0.578. The number of nitrogens with two attached hydrogens (primary N) is 1. The van der Waals surface area contributed by atoms with Crippen LogP contribution in [0.1, 0.15) is 25.1 Å². The predicted octanol–water partition coefficient (Wildman–Crippen LogP) is 2.76. The SMILES string of the molecule is CC(C)COc1cccc(CN=C(N)NCCc2ccccn2)c1. The average molecular weight is 326 g/mol. The maximum atomic E-state index is 5.91. The van der Waals surface area contributed by atoms with Gasteiger partial charge in [-0.05, 0) is 35.7 Å². The van der Waals surface area contributed by atoms with Crippen molar-refractivity contribution in [2.45, 2.75) is 26.8 Å². The summed E-state index contributed by atoms with van der Waals surface area (Å²) in [6.45, 7) is 6.21. The molecule has 5 heteroatoms. The van der Waals surface area contributed by atoms with Gasteiger partial charge in [0, 0.05) is 24.9 Å². The number of hydrogen-bond acceptors (Lipinski definition) is 3. The van der Waals surface area contributed by atoms with E-state index < -0.39 is 0 Å². The monoisotopic (exact) mass is 326 g/mol. The van der Waals surface area contributed by atoms with Crippen molar-refractivity contribution in [2.75, 3.05) is 13.2 Å². The third kappa shape index (κ3) is 6.69. The van der Waals surface area contributed by atoms with Gasteiger partial charge in [0.2, 0.25) is 0 Å². The van der Waals surface area contributed by atoms with Gasteiger partial charge < -0.3 is 15.8 Å². The topological polar surface area (TPSA) is 72.5 Å². The summed E-state index contributed by atoms with van der Waals surface area (Å²) >= 11 is 0. The smallest absolute Gasteiger partial charge is 0.188 e. The fraction of sp³-hybridized carbons (Fsp3) is 0.368. The molecule has 0 fully saturated rings. The van der Waals surface area contributed by atoms with Gasteiger partial charge in [0.1, 0.15) is 5.75 Å². The number of pyridine rings is 1. The van der Waals surface area contributed by atoms with Crippen molar-refractivity contribution in [1.82, 2.24) is 10.3 Å². The van der Waals surface area contributed by atoms with Crippen LogP contribution in [0.5, 0.6) is 5.75 Å². The lowest BCUT2D eigenvalue weighted by atomic mass is 10.2. The van der Waals surface area contributed by atoms with Crippen molar-refractivity contribution in [3.63, 3.8) is 0 Å². The van der Waals surface area contributed by atoms with Gasteiger partial charge in [-0.3, -0.25) is 4.98 Å². The number of aromatic nitrogens is 1. The lowest BCUT2D eigenvalue weighted by molar-refractivity contribution is 0.271. The minimum absolute atomic E-state index is 0.444. The first kappa shape index (κ1) is 17.8. The van der Waals surface area contributed by atoms with Crippen LogP contribution in [0.25, 0.3) is 0 Å². The van der Waals surface area contributed by atoms with Crippen molar-refractivity contribution >= 4 is 5.96 Å². The molecule has 24 heavy (non-hydrogen) atoms.